The molecule has 0 spiro atoms. The third-order valence-corrected chi connectivity index (χ3v) is 2.57. The summed E-state index contributed by atoms with van der Waals surface area (Å²) in [6, 6.07) is 0. The van der Waals surface area contributed by atoms with Crippen molar-refractivity contribution in [3.05, 3.63) is 0 Å². The monoisotopic (exact) mass is 168 g/mol. The van der Waals surface area contributed by atoms with Crippen molar-refractivity contribution in [2.45, 2.75) is 12.2 Å². The number of aliphatic carboxylic acids is 1. The van der Waals surface area contributed by atoms with Crippen molar-refractivity contribution in [2.24, 2.45) is 0 Å². The Hall–Kier alpha value is -0.450. The van der Waals surface area contributed by atoms with Crippen LogP contribution in [0.4, 0.5) is 4.39 Å². The summed E-state index contributed by atoms with van der Waals surface area (Å²) in [5.74, 6) is -1.33. The molecule has 0 radical (unpaired) electrons. The van der Waals surface area contributed by atoms with Crippen LogP contribution >= 0.6 is 0 Å². The molecule has 3 nitrogen and oxygen atoms in total. The van der Waals surface area contributed by atoms with Crippen LogP contribution in [0.5, 0.6) is 0 Å². The zero-order valence-corrected chi connectivity index (χ0v) is 6.36. The van der Waals surface area contributed by atoms with E-state index >= 15 is 0 Å². The van der Waals surface area contributed by atoms with Gasteiger partial charge in [-0.25, -0.2) is 0 Å². The van der Waals surface area contributed by atoms with E-state index in [1.165, 1.54) is 6.92 Å². The Kier molecular flexibility index (Phi) is 4.18. The predicted molar refractivity (Wildman–Crippen MR) is 36.1 cm³/mol. The molecule has 0 fully saturated rings. The molecule has 0 aromatic heterocycles. The van der Waals surface area contributed by atoms with Crippen LogP contribution in [-0.4, -0.2) is 33.0 Å². The number of halogens is 1. The average molecular weight is 168 g/mol. The van der Waals surface area contributed by atoms with E-state index < -0.39 is 28.7 Å². The van der Waals surface area contributed by atoms with Gasteiger partial charge in [-0.15, -0.1) is 0 Å². The Morgan fingerprint density at radius 2 is 2.30 bits per heavy atom. The van der Waals surface area contributed by atoms with Crippen LogP contribution in [0.2, 0.25) is 0 Å². The lowest BCUT2D eigenvalue weighted by atomic mass is 10.5. The first-order valence-corrected chi connectivity index (χ1v) is 4.13. The normalized spacial score (nSPS) is 16.2. The summed E-state index contributed by atoms with van der Waals surface area (Å²) < 4.78 is 22.2. The van der Waals surface area contributed by atoms with Gasteiger partial charge in [0, 0.05) is 10.8 Å². The van der Waals surface area contributed by atoms with Crippen molar-refractivity contribution < 1.29 is 18.5 Å². The summed E-state index contributed by atoms with van der Waals surface area (Å²) in [5, 5.41) is 7.30. The van der Waals surface area contributed by atoms with Gasteiger partial charge in [0.1, 0.15) is 11.9 Å². The molecule has 0 aromatic rings. The molecule has 10 heavy (non-hydrogen) atoms. The first-order valence-electron chi connectivity index (χ1n) is 2.75. The molecular weight excluding hydrogens is 159 g/mol. The molecule has 2 unspecified atom stereocenters. The fraction of sp³-hybridized carbons (Fsp3) is 0.800. The third-order valence-electron chi connectivity index (χ3n) is 1.02. The van der Waals surface area contributed by atoms with Gasteiger partial charge in [-0.05, 0) is 6.92 Å². The molecular formula is C5H9FO3S. The van der Waals surface area contributed by atoms with Crippen molar-refractivity contribution in [1.82, 2.24) is 0 Å². The molecule has 0 saturated heterocycles. The van der Waals surface area contributed by atoms with Gasteiger partial charge in [-0.3, -0.25) is 13.4 Å². The first-order chi connectivity index (χ1) is 4.59. The highest BCUT2D eigenvalue weighted by Crippen LogP contribution is 1.95. The number of carboxylic acid groups (broad SMARTS) is 1. The van der Waals surface area contributed by atoms with E-state index in [1.807, 2.05) is 0 Å². The zero-order valence-electron chi connectivity index (χ0n) is 5.54. The molecule has 2 atom stereocenters. The second-order valence-electron chi connectivity index (χ2n) is 1.75. The van der Waals surface area contributed by atoms with E-state index in [-0.39, 0.29) is 5.75 Å². The fourth-order valence-electron chi connectivity index (χ4n) is 0.365. The lowest BCUT2D eigenvalue weighted by Crippen LogP contribution is -2.24. The van der Waals surface area contributed by atoms with Crippen molar-refractivity contribution in [3.8, 4) is 0 Å². The van der Waals surface area contributed by atoms with Crippen molar-refractivity contribution >= 4 is 16.8 Å². The highest BCUT2D eigenvalue weighted by molar-refractivity contribution is 7.86. The predicted octanol–water partition coefficient (Wildman–Crippen LogP) is 0.178. The summed E-state index contributed by atoms with van der Waals surface area (Å²) >= 11 is 0. The number of carbonyl (C=O) groups is 1. The van der Waals surface area contributed by atoms with Gasteiger partial charge < -0.3 is 5.11 Å². The minimum absolute atomic E-state index is 0.187. The summed E-state index contributed by atoms with van der Waals surface area (Å²) in [4.78, 5) is 10.1. The van der Waals surface area contributed by atoms with Crippen LogP contribution in [0.15, 0.2) is 0 Å². The standard InChI is InChI=1S/C5H9FO3S/c1-4(5(7)8)10(9)3-2-6/h4H,2-3H2,1H3,(H,7,8). The van der Waals surface area contributed by atoms with E-state index in [0.29, 0.717) is 0 Å². The Labute approximate surface area is 60.7 Å². The van der Waals surface area contributed by atoms with E-state index in [2.05, 4.69) is 0 Å². The lowest BCUT2D eigenvalue weighted by molar-refractivity contribution is -0.136. The summed E-state index contributed by atoms with van der Waals surface area (Å²) in [7, 11) is -1.57. The van der Waals surface area contributed by atoms with Gasteiger partial charge in [0.05, 0.1) is 5.75 Å². The minimum Gasteiger partial charge on any atom is -0.480 e. The molecule has 60 valence electrons. The maximum Gasteiger partial charge on any atom is 0.318 e. The maximum atomic E-state index is 11.5. The smallest absolute Gasteiger partial charge is 0.318 e. The Morgan fingerprint density at radius 1 is 1.80 bits per heavy atom. The van der Waals surface area contributed by atoms with Crippen LogP contribution in [-0.2, 0) is 15.6 Å². The van der Waals surface area contributed by atoms with Crippen molar-refractivity contribution in [1.29, 1.82) is 0 Å². The molecule has 1 N–H and O–H groups in total. The molecule has 0 aliphatic heterocycles. The van der Waals surface area contributed by atoms with E-state index in [4.69, 9.17) is 5.11 Å². The van der Waals surface area contributed by atoms with Crippen LogP contribution < -0.4 is 0 Å². The van der Waals surface area contributed by atoms with Gasteiger partial charge >= 0.3 is 5.97 Å². The molecule has 0 bridgehead atoms. The number of hydrogen-bond donors (Lipinski definition) is 1. The molecule has 0 saturated carbocycles. The third kappa shape index (κ3) is 2.91. The van der Waals surface area contributed by atoms with Gasteiger partial charge in [0.25, 0.3) is 0 Å². The molecule has 0 aromatic carbocycles. The van der Waals surface area contributed by atoms with Gasteiger partial charge in [-0.2, -0.15) is 0 Å². The molecule has 0 aliphatic carbocycles. The molecule has 0 amide bonds. The lowest BCUT2D eigenvalue weighted by Gasteiger charge is -2.02. The Bertz CT molecular complexity index is 148. The second kappa shape index (κ2) is 4.38. The number of rotatable bonds is 4. The first kappa shape index (κ1) is 9.55. The van der Waals surface area contributed by atoms with E-state index in [9.17, 15) is 13.4 Å². The van der Waals surface area contributed by atoms with Crippen LogP contribution in [0, 0.1) is 0 Å². The van der Waals surface area contributed by atoms with Crippen molar-refractivity contribution in [3.63, 3.8) is 0 Å². The topological polar surface area (TPSA) is 54.4 Å². The molecule has 5 heteroatoms. The molecule has 0 heterocycles. The summed E-state index contributed by atoms with van der Waals surface area (Å²) in [6.45, 7) is 0.568. The van der Waals surface area contributed by atoms with Crippen LogP contribution in [0.25, 0.3) is 0 Å². The highest BCUT2D eigenvalue weighted by Gasteiger charge is 2.17. The average Bonchev–Trinajstić information content (AvgIpc) is 1.87. The van der Waals surface area contributed by atoms with Crippen LogP contribution in [0.3, 0.4) is 0 Å². The van der Waals surface area contributed by atoms with E-state index in [1.54, 1.807) is 0 Å². The maximum absolute atomic E-state index is 11.5. The summed E-state index contributed by atoms with van der Waals surface area (Å²) in [5.41, 5.74) is 0. The Balaban J connectivity index is 3.82. The van der Waals surface area contributed by atoms with Crippen molar-refractivity contribution in [2.75, 3.05) is 12.4 Å². The van der Waals surface area contributed by atoms with Gasteiger partial charge in [0.2, 0.25) is 0 Å². The number of hydrogen-bond acceptors (Lipinski definition) is 2. The second-order valence-corrected chi connectivity index (χ2v) is 3.63. The van der Waals surface area contributed by atoms with E-state index in [0.717, 1.165) is 0 Å². The number of carboxylic acids is 1. The van der Waals surface area contributed by atoms with Crippen LogP contribution in [0.1, 0.15) is 6.92 Å². The van der Waals surface area contributed by atoms with Gasteiger partial charge in [0.15, 0.2) is 0 Å². The zero-order chi connectivity index (χ0) is 8.15. The highest BCUT2D eigenvalue weighted by atomic mass is 32.2. The summed E-state index contributed by atoms with van der Waals surface area (Å²) in [6.07, 6.45) is 0. The largest absolute Gasteiger partial charge is 0.480 e. The van der Waals surface area contributed by atoms with Gasteiger partial charge in [-0.1, -0.05) is 0 Å². The minimum atomic E-state index is -1.57. The fourth-order valence-corrected chi connectivity index (χ4v) is 1.10. The SMILES string of the molecule is CC(C(=O)O)S(=O)CCF. The molecule has 0 aliphatic rings. The Morgan fingerprint density at radius 3 is 2.60 bits per heavy atom. The molecule has 0 rings (SSSR count). The quantitative estimate of drug-likeness (QED) is 0.651. The number of alkyl halides is 1.